The summed E-state index contributed by atoms with van der Waals surface area (Å²) in [4.78, 5) is 44.8. The molecule has 1 aromatic carbocycles. The summed E-state index contributed by atoms with van der Waals surface area (Å²) in [6.07, 6.45) is 6.48. The summed E-state index contributed by atoms with van der Waals surface area (Å²) in [5.74, 6) is 2.43. The fourth-order valence-corrected chi connectivity index (χ4v) is 6.52. The van der Waals surface area contributed by atoms with Gasteiger partial charge in [-0.25, -0.2) is 9.97 Å². The number of carbonyl (C=O) groups is 2. The molecule has 47 heavy (non-hydrogen) atoms. The van der Waals surface area contributed by atoms with E-state index in [9.17, 15) is 14.7 Å². The summed E-state index contributed by atoms with van der Waals surface area (Å²) in [5, 5.41) is 17.3. The van der Waals surface area contributed by atoms with Crippen LogP contribution in [0.2, 0.25) is 0 Å². The highest BCUT2D eigenvalue weighted by Gasteiger charge is 2.24. The van der Waals surface area contributed by atoms with Gasteiger partial charge in [-0.2, -0.15) is 4.98 Å². The van der Waals surface area contributed by atoms with Crippen molar-refractivity contribution in [2.75, 3.05) is 56.0 Å². The van der Waals surface area contributed by atoms with E-state index in [0.717, 1.165) is 68.9 Å². The number of ether oxygens (including phenoxy) is 1. The Morgan fingerprint density at radius 1 is 1.06 bits per heavy atom. The third kappa shape index (κ3) is 8.58. The van der Waals surface area contributed by atoms with Crippen molar-refractivity contribution < 1.29 is 23.8 Å². The van der Waals surface area contributed by atoms with E-state index in [4.69, 9.17) is 14.1 Å². The predicted octanol–water partition coefficient (Wildman–Crippen LogP) is 2.91. The molecule has 2 amide bonds. The number of carbonyl (C=O) groups excluding carboxylic acids is 2. The molecule has 1 atom stereocenters. The Morgan fingerprint density at radius 2 is 1.87 bits per heavy atom. The minimum atomic E-state index is -0.735. The second kappa shape index (κ2) is 15.1. The topological polar surface area (TPSA) is 149 Å². The van der Waals surface area contributed by atoms with E-state index in [2.05, 4.69) is 42.5 Å². The van der Waals surface area contributed by atoms with Gasteiger partial charge in [0.25, 0.3) is 5.91 Å². The maximum atomic E-state index is 13.3. The van der Waals surface area contributed by atoms with Crippen LogP contribution in [0.5, 0.6) is 5.75 Å². The Morgan fingerprint density at radius 3 is 2.62 bits per heavy atom. The highest BCUT2D eigenvalue weighted by atomic mass is 16.5. The molecule has 0 unspecified atom stereocenters. The number of oxazole rings is 1. The Bertz CT molecular complexity index is 1530. The first-order valence-electron chi connectivity index (χ1n) is 16.8. The normalized spacial score (nSPS) is 18.0. The fraction of sp³-hybridized carbons (Fsp3) is 0.559. The van der Waals surface area contributed by atoms with Gasteiger partial charge in [-0.15, -0.1) is 0 Å². The Labute approximate surface area is 275 Å². The largest absolute Gasteiger partial charge is 0.486 e. The average molecular weight is 647 g/mol. The number of likely N-dealkylation sites (tertiary alicyclic amines) is 1. The molecule has 0 spiro atoms. The van der Waals surface area contributed by atoms with Gasteiger partial charge in [-0.3, -0.25) is 14.5 Å². The molecule has 2 aromatic heterocycles. The van der Waals surface area contributed by atoms with E-state index in [1.165, 1.54) is 23.9 Å². The van der Waals surface area contributed by atoms with E-state index in [1.54, 1.807) is 13.0 Å². The zero-order chi connectivity index (χ0) is 32.8. The number of anilines is 2. The van der Waals surface area contributed by atoms with Crippen LogP contribution in [-0.4, -0.2) is 99.6 Å². The lowest BCUT2D eigenvalue weighted by atomic mass is 9.99. The molecular weight excluding hydrogens is 600 g/mol. The van der Waals surface area contributed by atoms with E-state index in [1.807, 2.05) is 17.9 Å². The number of aliphatic hydroxyl groups excluding tert-OH is 1. The Balaban J connectivity index is 1.02. The fourth-order valence-electron chi connectivity index (χ4n) is 6.52. The van der Waals surface area contributed by atoms with Crippen LogP contribution >= 0.6 is 0 Å². The van der Waals surface area contributed by atoms with Gasteiger partial charge in [-0.1, -0.05) is 6.07 Å². The average Bonchev–Trinajstić information content (AvgIpc) is 3.50. The molecule has 3 aliphatic rings. The monoisotopic (exact) mass is 646 g/mol. The van der Waals surface area contributed by atoms with Crippen molar-refractivity contribution in [1.29, 1.82) is 0 Å². The number of benzene rings is 1. The van der Waals surface area contributed by atoms with Crippen molar-refractivity contribution in [3.05, 3.63) is 58.9 Å². The van der Waals surface area contributed by atoms with Crippen molar-refractivity contribution in [3.8, 4) is 5.75 Å². The SMILES string of the molecule is CC(=O)N1CCC(Nc2cc(C(=O)NC[C@H](O)CN3CCc4cc(OCc5ocnc5C)ccc4C3)nc(N3CCCCC3)n2)CC1. The molecule has 0 radical (unpaired) electrons. The molecule has 252 valence electrons. The van der Waals surface area contributed by atoms with Crippen LogP contribution in [-0.2, 0) is 24.4 Å². The lowest BCUT2D eigenvalue weighted by molar-refractivity contribution is -0.129. The number of nitrogens with one attached hydrogen (secondary N) is 2. The predicted molar refractivity (Wildman–Crippen MR) is 176 cm³/mol. The molecule has 2 saturated heterocycles. The third-order valence-corrected chi connectivity index (χ3v) is 9.33. The van der Waals surface area contributed by atoms with E-state index >= 15 is 0 Å². The maximum absolute atomic E-state index is 13.3. The van der Waals surface area contributed by atoms with Crippen LogP contribution in [0.3, 0.4) is 0 Å². The van der Waals surface area contributed by atoms with Crippen LogP contribution in [0.1, 0.15) is 72.1 Å². The number of nitrogens with zero attached hydrogens (tertiary/aromatic N) is 6. The van der Waals surface area contributed by atoms with Crippen molar-refractivity contribution >= 4 is 23.6 Å². The summed E-state index contributed by atoms with van der Waals surface area (Å²) in [6.45, 7) is 9.02. The molecule has 0 aliphatic carbocycles. The Hall–Kier alpha value is -4.23. The van der Waals surface area contributed by atoms with Gasteiger partial charge in [0.1, 0.15) is 23.9 Å². The number of aliphatic hydroxyl groups is 1. The number of aryl methyl sites for hydroxylation is 1. The summed E-state index contributed by atoms with van der Waals surface area (Å²) >= 11 is 0. The van der Waals surface area contributed by atoms with Crippen LogP contribution in [0.4, 0.5) is 11.8 Å². The summed E-state index contributed by atoms with van der Waals surface area (Å²) < 4.78 is 11.3. The van der Waals surface area contributed by atoms with Crippen molar-refractivity contribution in [2.45, 2.75) is 77.7 Å². The third-order valence-electron chi connectivity index (χ3n) is 9.33. The first kappa shape index (κ1) is 32.7. The molecule has 13 nitrogen and oxygen atoms in total. The number of amides is 2. The zero-order valence-electron chi connectivity index (χ0n) is 27.4. The number of hydrogen-bond donors (Lipinski definition) is 3. The van der Waals surface area contributed by atoms with Gasteiger partial charge in [0.15, 0.2) is 12.2 Å². The van der Waals surface area contributed by atoms with Gasteiger partial charge >= 0.3 is 0 Å². The minimum Gasteiger partial charge on any atom is -0.486 e. The zero-order valence-corrected chi connectivity index (χ0v) is 27.4. The van der Waals surface area contributed by atoms with Gasteiger partial charge in [0.05, 0.1) is 11.8 Å². The number of β-amino-alcohol motifs (C(OH)–C–C–N with tert-alkyl or cyclic N) is 1. The van der Waals surface area contributed by atoms with E-state index < -0.39 is 6.10 Å². The molecule has 2 fully saturated rings. The smallest absolute Gasteiger partial charge is 0.270 e. The molecule has 13 heteroatoms. The van der Waals surface area contributed by atoms with Gasteiger partial charge in [0.2, 0.25) is 11.9 Å². The molecule has 0 saturated carbocycles. The summed E-state index contributed by atoms with van der Waals surface area (Å²) in [6, 6.07) is 7.96. The quantitative estimate of drug-likeness (QED) is 0.282. The van der Waals surface area contributed by atoms with E-state index in [0.29, 0.717) is 44.6 Å². The van der Waals surface area contributed by atoms with Crippen molar-refractivity contribution in [3.63, 3.8) is 0 Å². The highest BCUT2D eigenvalue weighted by molar-refractivity contribution is 5.93. The molecule has 6 rings (SSSR count). The number of fused-ring (bicyclic) bond motifs is 1. The van der Waals surface area contributed by atoms with Crippen molar-refractivity contribution in [1.82, 2.24) is 30.1 Å². The number of aromatic nitrogens is 3. The second-order valence-corrected chi connectivity index (χ2v) is 12.8. The van der Waals surface area contributed by atoms with Crippen LogP contribution < -0.4 is 20.3 Å². The molecule has 3 N–H and O–H groups in total. The summed E-state index contributed by atoms with van der Waals surface area (Å²) in [5.41, 5.74) is 3.54. The highest BCUT2D eigenvalue weighted by Crippen LogP contribution is 2.25. The molecule has 5 heterocycles. The first-order valence-corrected chi connectivity index (χ1v) is 16.8. The molecule has 3 aliphatic heterocycles. The molecular formula is C34H46N8O5. The minimum absolute atomic E-state index is 0.0963. The summed E-state index contributed by atoms with van der Waals surface area (Å²) in [7, 11) is 0. The van der Waals surface area contributed by atoms with Gasteiger partial charge < -0.3 is 34.7 Å². The Kier molecular flexibility index (Phi) is 10.5. The van der Waals surface area contributed by atoms with Crippen LogP contribution in [0.25, 0.3) is 0 Å². The van der Waals surface area contributed by atoms with Crippen LogP contribution in [0.15, 0.2) is 35.1 Å². The first-order chi connectivity index (χ1) is 22.8. The number of piperidine rings is 2. The van der Waals surface area contributed by atoms with Gasteiger partial charge in [-0.05, 0) is 68.7 Å². The maximum Gasteiger partial charge on any atom is 0.270 e. The van der Waals surface area contributed by atoms with E-state index in [-0.39, 0.29) is 30.1 Å². The molecule has 3 aromatic rings. The number of hydrogen-bond acceptors (Lipinski definition) is 11. The number of rotatable bonds is 11. The second-order valence-electron chi connectivity index (χ2n) is 12.8. The lowest BCUT2D eigenvalue weighted by Crippen LogP contribution is -2.42. The lowest BCUT2D eigenvalue weighted by Gasteiger charge is -2.32. The van der Waals surface area contributed by atoms with Gasteiger partial charge in [0, 0.05) is 71.4 Å². The standard InChI is InChI=1S/C34H46N8O5/c1-23-31(47-22-36-23)21-46-29-7-6-26-19-40(13-8-25(26)16-29)20-28(44)18-35-33(45)30-17-32(37-27-9-14-41(15-10-27)24(2)43)39-34(38-30)42-11-4-3-5-12-42/h6-7,16-17,22,27-28,44H,3-5,8-15,18-21H2,1-2H3,(H,35,45)(H,37,38,39)/t28-/m0/s1. The molecule has 0 bridgehead atoms. The van der Waals surface area contributed by atoms with Crippen molar-refractivity contribution in [2.24, 2.45) is 0 Å². The van der Waals surface area contributed by atoms with Crippen LogP contribution in [0, 0.1) is 6.92 Å².